The quantitative estimate of drug-likeness (QED) is 0.580. The number of carbonyl (C=O) groups excluding carboxylic acids is 2. The van der Waals surface area contributed by atoms with Gasteiger partial charge in [-0.1, -0.05) is 32.4 Å². The number of ketones is 2. The maximum atomic E-state index is 12.0. The summed E-state index contributed by atoms with van der Waals surface area (Å²) in [6.07, 6.45) is 15.5. The second kappa shape index (κ2) is 6.71. The second-order valence-corrected chi connectivity index (χ2v) is 10.5. The number of allylic oxidation sites excluding steroid dienone is 3. The van der Waals surface area contributed by atoms with Crippen LogP contribution in [0.5, 0.6) is 0 Å². The molecular weight excluding hydrogens is 332 g/mol. The largest absolute Gasteiger partial charge is 0.295 e. The average Bonchev–Trinajstić information content (AvgIpc) is 2.97. The predicted molar refractivity (Wildman–Crippen MR) is 109 cm³/mol. The highest BCUT2D eigenvalue weighted by Gasteiger charge is 2.59. The third kappa shape index (κ3) is 2.98. The summed E-state index contributed by atoms with van der Waals surface area (Å²) in [4.78, 5) is 23.4. The fourth-order valence-corrected chi connectivity index (χ4v) is 7.88. The van der Waals surface area contributed by atoms with Gasteiger partial charge in [0.25, 0.3) is 0 Å². The molecule has 0 radical (unpaired) electrons. The van der Waals surface area contributed by atoms with Crippen molar-refractivity contribution in [1.82, 2.24) is 0 Å². The average molecular weight is 369 g/mol. The summed E-state index contributed by atoms with van der Waals surface area (Å²) in [5.41, 5.74) is 2.16. The van der Waals surface area contributed by atoms with Crippen LogP contribution >= 0.6 is 0 Å². The fourth-order valence-electron chi connectivity index (χ4n) is 7.88. The van der Waals surface area contributed by atoms with Crippen molar-refractivity contribution in [3.63, 3.8) is 0 Å². The molecule has 0 spiro atoms. The Morgan fingerprint density at radius 3 is 2.63 bits per heavy atom. The van der Waals surface area contributed by atoms with E-state index in [-0.39, 0.29) is 11.2 Å². The first-order chi connectivity index (χ1) is 12.8. The van der Waals surface area contributed by atoms with E-state index in [1.165, 1.54) is 37.7 Å². The highest BCUT2D eigenvalue weighted by atomic mass is 16.1. The molecule has 0 aliphatic heterocycles. The van der Waals surface area contributed by atoms with Gasteiger partial charge in [-0.25, -0.2) is 0 Å². The summed E-state index contributed by atoms with van der Waals surface area (Å²) in [5.74, 6) is 4.13. The van der Waals surface area contributed by atoms with Gasteiger partial charge in [0, 0.05) is 6.42 Å². The Kier molecular flexibility index (Phi) is 4.76. The molecule has 0 amide bonds. The molecule has 7 atom stereocenters. The monoisotopic (exact) mass is 368 g/mol. The lowest BCUT2D eigenvalue weighted by atomic mass is 9.46. The van der Waals surface area contributed by atoms with Crippen LogP contribution < -0.4 is 0 Å². The summed E-state index contributed by atoms with van der Waals surface area (Å²) in [6.45, 7) is 8.99. The summed E-state index contributed by atoms with van der Waals surface area (Å²) in [7, 11) is 0. The Morgan fingerprint density at radius 1 is 1.11 bits per heavy atom. The number of carbonyl (C=O) groups is 2. The maximum Gasteiger partial charge on any atom is 0.155 e. The van der Waals surface area contributed by atoms with E-state index in [0.29, 0.717) is 23.0 Å². The van der Waals surface area contributed by atoms with E-state index >= 15 is 0 Å². The molecule has 0 saturated heterocycles. The molecule has 0 unspecified atom stereocenters. The third-order valence-corrected chi connectivity index (χ3v) is 9.30. The SMILES string of the molecule is CC(=O)/C=C/[C@@H](C)[C@H]1CC[C@H]2[C@@H]3CCC4=CC(=O)CC[C@]4(C)[C@H]3CC[C@]12C. The van der Waals surface area contributed by atoms with Crippen molar-refractivity contribution >= 4 is 11.6 Å². The van der Waals surface area contributed by atoms with Crippen LogP contribution in [-0.2, 0) is 9.59 Å². The van der Waals surface area contributed by atoms with Crippen molar-refractivity contribution in [1.29, 1.82) is 0 Å². The van der Waals surface area contributed by atoms with Gasteiger partial charge in [-0.15, -0.1) is 0 Å². The molecule has 0 aromatic carbocycles. The van der Waals surface area contributed by atoms with Gasteiger partial charge in [-0.3, -0.25) is 9.59 Å². The zero-order valence-electron chi connectivity index (χ0n) is 17.6. The van der Waals surface area contributed by atoms with Crippen LogP contribution in [0, 0.1) is 40.4 Å². The van der Waals surface area contributed by atoms with Gasteiger partial charge >= 0.3 is 0 Å². The summed E-state index contributed by atoms with van der Waals surface area (Å²) < 4.78 is 0. The van der Waals surface area contributed by atoms with Gasteiger partial charge in [-0.05, 0) is 104 Å². The maximum absolute atomic E-state index is 12.0. The summed E-state index contributed by atoms with van der Waals surface area (Å²) in [6, 6.07) is 0. The molecule has 148 valence electrons. The van der Waals surface area contributed by atoms with E-state index in [4.69, 9.17) is 0 Å². The number of fused-ring (bicyclic) bond motifs is 5. The Bertz CT molecular complexity index is 701. The number of rotatable bonds is 3. The lowest BCUT2D eigenvalue weighted by Gasteiger charge is -2.58. The molecule has 0 aromatic heterocycles. The van der Waals surface area contributed by atoms with E-state index < -0.39 is 0 Å². The number of hydrogen-bond donors (Lipinski definition) is 0. The minimum atomic E-state index is 0.164. The van der Waals surface area contributed by atoms with E-state index in [1.807, 2.05) is 6.08 Å². The van der Waals surface area contributed by atoms with Gasteiger partial charge in [0.05, 0.1) is 0 Å². The fraction of sp³-hybridized carbons (Fsp3) is 0.760. The van der Waals surface area contributed by atoms with E-state index in [9.17, 15) is 9.59 Å². The lowest BCUT2D eigenvalue weighted by molar-refractivity contribution is -0.117. The molecule has 0 bridgehead atoms. The molecule has 2 nitrogen and oxygen atoms in total. The lowest BCUT2D eigenvalue weighted by Crippen LogP contribution is -2.50. The minimum absolute atomic E-state index is 0.164. The standard InChI is InChI=1S/C25H36O2/c1-16(5-6-17(2)26)21-9-10-22-20-8-7-18-15-19(27)11-13-24(18,3)23(20)12-14-25(21,22)4/h5-6,15-16,20-23H,7-14H2,1-4H3/b6-5+/t16-,20+,21-,22+,23+,24+,25-/m1/s1. The Hall–Kier alpha value is -1.18. The van der Waals surface area contributed by atoms with Crippen molar-refractivity contribution in [2.45, 2.75) is 79.1 Å². The van der Waals surface area contributed by atoms with Crippen LogP contribution in [0.3, 0.4) is 0 Å². The van der Waals surface area contributed by atoms with Crippen molar-refractivity contribution in [3.8, 4) is 0 Å². The second-order valence-electron chi connectivity index (χ2n) is 10.5. The first-order valence-electron chi connectivity index (χ1n) is 11.2. The van der Waals surface area contributed by atoms with Gasteiger partial charge in [0.1, 0.15) is 0 Å². The summed E-state index contributed by atoms with van der Waals surface area (Å²) >= 11 is 0. The van der Waals surface area contributed by atoms with Crippen LogP contribution in [0.25, 0.3) is 0 Å². The minimum Gasteiger partial charge on any atom is -0.295 e. The third-order valence-electron chi connectivity index (χ3n) is 9.30. The van der Waals surface area contributed by atoms with Crippen molar-refractivity contribution in [3.05, 3.63) is 23.8 Å². The van der Waals surface area contributed by atoms with E-state index in [0.717, 1.165) is 37.0 Å². The van der Waals surface area contributed by atoms with Crippen molar-refractivity contribution in [2.24, 2.45) is 40.4 Å². The molecular formula is C25H36O2. The van der Waals surface area contributed by atoms with E-state index in [2.05, 4.69) is 26.8 Å². The molecule has 0 aromatic rings. The Morgan fingerprint density at radius 2 is 1.89 bits per heavy atom. The first-order valence-corrected chi connectivity index (χ1v) is 11.2. The molecule has 2 heteroatoms. The molecule has 0 heterocycles. The van der Waals surface area contributed by atoms with Crippen molar-refractivity contribution in [2.75, 3.05) is 0 Å². The molecule has 0 N–H and O–H groups in total. The first kappa shape index (κ1) is 19.2. The Balaban J connectivity index is 1.58. The topological polar surface area (TPSA) is 34.1 Å². The number of hydrogen-bond acceptors (Lipinski definition) is 2. The predicted octanol–water partition coefficient (Wildman–Crippen LogP) is 5.92. The zero-order chi connectivity index (χ0) is 19.4. The van der Waals surface area contributed by atoms with Gasteiger partial charge in [0.2, 0.25) is 0 Å². The van der Waals surface area contributed by atoms with Crippen LogP contribution in [-0.4, -0.2) is 11.6 Å². The van der Waals surface area contributed by atoms with Crippen LogP contribution in [0.1, 0.15) is 79.1 Å². The summed E-state index contributed by atoms with van der Waals surface area (Å²) in [5, 5.41) is 0. The van der Waals surface area contributed by atoms with Crippen LogP contribution in [0.2, 0.25) is 0 Å². The molecule has 4 rings (SSSR count). The van der Waals surface area contributed by atoms with Crippen molar-refractivity contribution < 1.29 is 9.59 Å². The normalized spacial score (nSPS) is 45.0. The highest BCUT2D eigenvalue weighted by Crippen LogP contribution is 2.67. The molecule has 3 saturated carbocycles. The smallest absolute Gasteiger partial charge is 0.155 e. The molecule has 3 fully saturated rings. The van der Waals surface area contributed by atoms with Gasteiger partial charge < -0.3 is 0 Å². The van der Waals surface area contributed by atoms with Crippen LogP contribution in [0.15, 0.2) is 23.8 Å². The van der Waals surface area contributed by atoms with Gasteiger partial charge in [-0.2, -0.15) is 0 Å². The Labute approximate surface area is 164 Å². The molecule has 4 aliphatic rings. The molecule has 27 heavy (non-hydrogen) atoms. The zero-order valence-corrected chi connectivity index (χ0v) is 17.6. The van der Waals surface area contributed by atoms with E-state index in [1.54, 1.807) is 13.0 Å². The highest BCUT2D eigenvalue weighted by molar-refractivity contribution is 5.91. The van der Waals surface area contributed by atoms with Crippen LogP contribution in [0.4, 0.5) is 0 Å². The molecule has 4 aliphatic carbocycles. The van der Waals surface area contributed by atoms with Gasteiger partial charge in [0.15, 0.2) is 11.6 Å².